The molecule has 1 aromatic rings. The molecule has 2 unspecified atom stereocenters. The second-order valence-electron chi connectivity index (χ2n) is 5.33. The third kappa shape index (κ3) is 3.38. The van der Waals surface area contributed by atoms with Crippen LogP contribution in [0.2, 0.25) is 0 Å². The Morgan fingerprint density at radius 2 is 2.20 bits per heavy atom. The molecule has 2 atom stereocenters. The van der Waals surface area contributed by atoms with Crippen molar-refractivity contribution in [3.8, 4) is 0 Å². The van der Waals surface area contributed by atoms with Crippen LogP contribution in [0.15, 0.2) is 22.9 Å². The van der Waals surface area contributed by atoms with Gasteiger partial charge in [-0.05, 0) is 54.2 Å². The van der Waals surface area contributed by atoms with Gasteiger partial charge in [-0.25, -0.2) is 0 Å². The lowest BCUT2D eigenvalue weighted by Crippen LogP contribution is -2.48. The first-order valence-corrected chi connectivity index (χ1v) is 8.08. The van der Waals surface area contributed by atoms with Gasteiger partial charge in [0.25, 0.3) is 5.91 Å². The first-order chi connectivity index (χ1) is 9.67. The summed E-state index contributed by atoms with van der Waals surface area (Å²) in [4.78, 5) is 18.8. The van der Waals surface area contributed by atoms with Gasteiger partial charge in [-0.2, -0.15) is 0 Å². The molecular weight excluding hydrogens is 318 g/mol. The number of amides is 1. The molecule has 5 heteroatoms. The van der Waals surface area contributed by atoms with E-state index in [0.29, 0.717) is 24.6 Å². The van der Waals surface area contributed by atoms with Crippen molar-refractivity contribution >= 4 is 21.8 Å². The molecule has 1 aliphatic rings. The number of hydrogen-bond acceptors (Lipinski definition) is 3. The van der Waals surface area contributed by atoms with Crippen molar-refractivity contribution in [3.05, 3.63) is 28.5 Å². The Labute approximate surface area is 128 Å². The largest absolute Gasteiger partial charge is 0.336 e. The van der Waals surface area contributed by atoms with Gasteiger partial charge in [-0.1, -0.05) is 12.8 Å². The van der Waals surface area contributed by atoms with Crippen molar-refractivity contribution in [2.75, 3.05) is 13.1 Å². The van der Waals surface area contributed by atoms with E-state index in [0.717, 1.165) is 17.3 Å². The van der Waals surface area contributed by atoms with Crippen LogP contribution in [0.3, 0.4) is 0 Å². The number of nitrogens with two attached hydrogens (primary N) is 1. The van der Waals surface area contributed by atoms with Gasteiger partial charge < -0.3 is 10.6 Å². The summed E-state index contributed by atoms with van der Waals surface area (Å²) < 4.78 is 0.832. The van der Waals surface area contributed by atoms with Gasteiger partial charge in [0.2, 0.25) is 0 Å². The number of nitrogens with zero attached hydrogens (tertiary/aromatic N) is 2. The van der Waals surface area contributed by atoms with Crippen LogP contribution >= 0.6 is 15.9 Å². The number of rotatable bonds is 4. The van der Waals surface area contributed by atoms with Crippen molar-refractivity contribution in [1.29, 1.82) is 0 Å². The molecule has 2 N–H and O–H groups in total. The molecule has 1 saturated carbocycles. The quantitative estimate of drug-likeness (QED) is 0.917. The summed E-state index contributed by atoms with van der Waals surface area (Å²) in [5, 5.41) is 0. The normalized spacial score (nSPS) is 22.6. The van der Waals surface area contributed by atoms with E-state index in [1.54, 1.807) is 12.4 Å². The Morgan fingerprint density at radius 3 is 2.85 bits per heavy atom. The minimum absolute atomic E-state index is 0.0617. The van der Waals surface area contributed by atoms with Crippen LogP contribution in [0, 0.1) is 5.92 Å². The van der Waals surface area contributed by atoms with Gasteiger partial charge >= 0.3 is 0 Å². The van der Waals surface area contributed by atoms with Crippen LogP contribution in [-0.2, 0) is 0 Å². The van der Waals surface area contributed by atoms with E-state index in [4.69, 9.17) is 5.73 Å². The Kier molecular flexibility index (Phi) is 5.54. The Balaban J connectivity index is 2.20. The SMILES string of the molecule is CCN(C(=O)c1cncc(Br)c1)C1CCCCC1CN. The van der Waals surface area contributed by atoms with E-state index in [1.807, 2.05) is 17.9 Å². The molecule has 0 aromatic carbocycles. The second kappa shape index (κ2) is 7.18. The summed E-state index contributed by atoms with van der Waals surface area (Å²) in [5.41, 5.74) is 6.53. The summed E-state index contributed by atoms with van der Waals surface area (Å²) >= 11 is 3.37. The zero-order valence-corrected chi connectivity index (χ0v) is 13.5. The zero-order chi connectivity index (χ0) is 14.5. The Morgan fingerprint density at radius 1 is 1.45 bits per heavy atom. The van der Waals surface area contributed by atoms with Gasteiger partial charge in [-0.15, -0.1) is 0 Å². The monoisotopic (exact) mass is 339 g/mol. The molecule has 20 heavy (non-hydrogen) atoms. The number of carbonyl (C=O) groups is 1. The summed E-state index contributed by atoms with van der Waals surface area (Å²) in [5.74, 6) is 0.486. The molecule has 1 fully saturated rings. The van der Waals surface area contributed by atoms with Crippen LogP contribution in [0.1, 0.15) is 43.0 Å². The first kappa shape index (κ1) is 15.4. The maximum atomic E-state index is 12.7. The highest BCUT2D eigenvalue weighted by Gasteiger charge is 2.31. The van der Waals surface area contributed by atoms with Crippen molar-refractivity contribution in [2.45, 2.75) is 38.6 Å². The molecule has 0 saturated heterocycles. The highest BCUT2D eigenvalue weighted by Crippen LogP contribution is 2.29. The lowest BCUT2D eigenvalue weighted by Gasteiger charge is -2.39. The van der Waals surface area contributed by atoms with E-state index < -0.39 is 0 Å². The molecule has 0 radical (unpaired) electrons. The topological polar surface area (TPSA) is 59.2 Å². The van der Waals surface area contributed by atoms with Gasteiger partial charge in [0.1, 0.15) is 0 Å². The van der Waals surface area contributed by atoms with Crippen molar-refractivity contribution < 1.29 is 4.79 Å². The predicted octanol–water partition coefficient (Wildman–Crippen LogP) is 2.82. The van der Waals surface area contributed by atoms with E-state index in [1.165, 1.54) is 12.8 Å². The minimum Gasteiger partial charge on any atom is -0.336 e. The van der Waals surface area contributed by atoms with E-state index >= 15 is 0 Å². The molecule has 1 aliphatic carbocycles. The molecule has 110 valence electrons. The average Bonchev–Trinajstić information content (AvgIpc) is 2.48. The molecule has 0 spiro atoms. The molecule has 4 nitrogen and oxygen atoms in total. The third-order valence-electron chi connectivity index (χ3n) is 4.13. The molecular formula is C15H22BrN3O. The molecule has 0 aliphatic heterocycles. The van der Waals surface area contributed by atoms with Crippen LogP contribution in [0.5, 0.6) is 0 Å². The Bertz CT molecular complexity index is 466. The van der Waals surface area contributed by atoms with Crippen LogP contribution in [0.25, 0.3) is 0 Å². The van der Waals surface area contributed by atoms with Crippen molar-refractivity contribution in [1.82, 2.24) is 9.88 Å². The summed E-state index contributed by atoms with van der Waals surface area (Å²) in [6, 6.07) is 2.10. The molecule has 1 aromatic heterocycles. The number of aromatic nitrogens is 1. The fourth-order valence-electron chi connectivity index (χ4n) is 3.10. The highest BCUT2D eigenvalue weighted by atomic mass is 79.9. The van der Waals surface area contributed by atoms with Crippen molar-refractivity contribution in [3.63, 3.8) is 0 Å². The first-order valence-electron chi connectivity index (χ1n) is 7.29. The van der Waals surface area contributed by atoms with Crippen LogP contribution in [0.4, 0.5) is 0 Å². The van der Waals surface area contributed by atoms with E-state index in [-0.39, 0.29) is 11.9 Å². The van der Waals surface area contributed by atoms with Crippen molar-refractivity contribution in [2.24, 2.45) is 11.7 Å². The van der Waals surface area contributed by atoms with Crippen LogP contribution < -0.4 is 5.73 Å². The number of carbonyl (C=O) groups excluding carboxylic acids is 1. The molecule has 0 bridgehead atoms. The van der Waals surface area contributed by atoms with Gasteiger partial charge in [0, 0.05) is 29.5 Å². The number of hydrogen-bond donors (Lipinski definition) is 1. The fraction of sp³-hybridized carbons (Fsp3) is 0.600. The molecule has 1 heterocycles. The van der Waals surface area contributed by atoms with Crippen LogP contribution in [-0.4, -0.2) is 34.9 Å². The Hall–Kier alpha value is -0.940. The summed E-state index contributed by atoms with van der Waals surface area (Å²) in [6.07, 6.45) is 7.92. The van der Waals surface area contributed by atoms with Gasteiger partial charge in [-0.3, -0.25) is 9.78 Å². The highest BCUT2D eigenvalue weighted by molar-refractivity contribution is 9.10. The zero-order valence-electron chi connectivity index (χ0n) is 11.9. The number of pyridine rings is 1. The maximum Gasteiger partial charge on any atom is 0.255 e. The lowest BCUT2D eigenvalue weighted by molar-refractivity contribution is 0.0559. The van der Waals surface area contributed by atoms with Gasteiger partial charge in [0.05, 0.1) is 5.56 Å². The van der Waals surface area contributed by atoms with Gasteiger partial charge in [0.15, 0.2) is 0 Å². The summed E-state index contributed by atoms with van der Waals surface area (Å²) in [6.45, 7) is 3.41. The fourth-order valence-corrected chi connectivity index (χ4v) is 3.46. The number of halogens is 1. The summed E-state index contributed by atoms with van der Waals surface area (Å²) in [7, 11) is 0. The van der Waals surface area contributed by atoms with E-state index in [2.05, 4.69) is 20.9 Å². The average molecular weight is 340 g/mol. The molecule has 2 rings (SSSR count). The third-order valence-corrected chi connectivity index (χ3v) is 4.56. The smallest absolute Gasteiger partial charge is 0.255 e. The van der Waals surface area contributed by atoms with E-state index in [9.17, 15) is 4.79 Å². The standard InChI is InChI=1S/C15H22BrN3O/c1-2-19(14-6-4-3-5-11(14)8-17)15(20)12-7-13(16)10-18-9-12/h7,9-11,14H,2-6,8,17H2,1H3. The minimum atomic E-state index is 0.0617. The second-order valence-corrected chi connectivity index (χ2v) is 6.25. The molecule has 1 amide bonds. The lowest BCUT2D eigenvalue weighted by atomic mass is 9.83. The predicted molar refractivity (Wildman–Crippen MR) is 83.4 cm³/mol. The maximum absolute atomic E-state index is 12.7.